The fraction of sp³-hybridized carbons (Fsp3) is 0.567. The minimum Gasteiger partial charge on any atom is -0.410 e. The van der Waals surface area contributed by atoms with Crippen LogP contribution < -0.4 is 10.1 Å². The normalized spacial score (nSPS) is 25.5. The molecule has 0 spiro atoms. The van der Waals surface area contributed by atoms with Gasteiger partial charge in [0.2, 0.25) is 0 Å². The molecule has 2 aliphatic rings. The van der Waals surface area contributed by atoms with Gasteiger partial charge in [0.25, 0.3) is 0 Å². The molecule has 0 aromatic heterocycles. The minimum absolute atomic E-state index is 0.00929. The number of carbonyl (C=O) groups excluding carboxylic acids is 1. The van der Waals surface area contributed by atoms with E-state index in [1.807, 2.05) is 6.07 Å². The number of fused-ring (bicyclic) bond motifs is 3. The van der Waals surface area contributed by atoms with Crippen molar-refractivity contribution in [1.29, 1.82) is 0 Å². The lowest BCUT2D eigenvalue weighted by molar-refractivity contribution is -0.0565. The molecule has 1 unspecified atom stereocenters. The molecule has 35 heavy (non-hydrogen) atoms. The van der Waals surface area contributed by atoms with Gasteiger partial charge in [-0.05, 0) is 106 Å². The summed E-state index contributed by atoms with van der Waals surface area (Å²) >= 11 is 0. The number of carbonyl (C=O) groups is 1. The maximum absolute atomic E-state index is 12.1. The van der Waals surface area contributed by atoms with Gasteiger partial charge in [0.1, 0.15) is 5.75 Å². The van der Waals surface area contributed by atoms with Crippen molar-refractivity contribution in [3.05, 3.63) is 59.2 Å². The summed E-state index contributed by atoms with van der Waals surface area (Å²) in [5.41, 5.74) is 4.58. The van der Waals surface area contributed by atoms with Crippen LogP contribution in [0.3, 0.4) is 0 Å². The van der Waals surface area contributed by atoms with Crippen molar-refractivity contribution in [2.24, 2.45) is 5.92 Å². The highest BCUT2D eigenvalue weighted by Crippen LogP contribution is 2.55. The standard InChI is InChI=1S/C30H42N2O3/c1-6-15-29(34)16-17-30(19-22-7-11-25(12-8-22)31-21(2)3)24(20-29)10-9-23-18-26(13-14-27(23)30)35-28(33)32(4)5/h7-8,11-14,18,21,24,31,34H,6,9-10,15-17,19-20H2,1-5H3/t24-,29?,30-/m0/s1. The van der Waals surface area contributed by atoms with Crippen molar-refractivity contribution in [2.45, 2.75) is 89.2 Å². The van der Waals surface area contributed by atoms with Gasteiger partial charge in [-0.3, -0.25) is 0 Å². The van der Waals surface area contributed by atoms with Gasteiger partial charge in [0.15, 0.2) is 0 Å². The molecule has 3 atom stereocenters. The molecule has 0 heterocycles. The van der Waals surface area contributed by atoms with E-state index >= 15 is 0 Å². The van der Waals surface area contributed by atoms with E-state index in [1.54, 1.807) is 14.1 Å². The number of nitrogens with one attached hydrogen (secondary N) is 1. The Morgan fingerprint density at radius 2 is 1.91 bits per heavy atom. The predicted molar refractivity (Wildman–Crippen MR) is 142 cm³/mol. The molecule has 190 valence electrons. The third-order valence-corrected chi connectivity index (χ3v) is 8.03. The first-order valence-electron chi connectivity index (χ1n) is 13.2. The zero-order valence-corrected chi connectivity index (χ0v) is 22.1. The number of aliphatic hydroxyl groups is 1. The monoisotopic (exact) mass is 478 g/mol. The summed E-state index contributed by atoms with van der Waals surface area (Å²) in [4.78, 5) is 13.6. The molecule has 2 aromatic rings. The first-order valence-corrected chi connectivity index (χ1v) is 13.2. The molecular formula is C30H42N2O3. The Kier molecular flexibility index (Phi) is 7.46. The number of amides is 1. The summed E-state index contributed by atoms with van der Waals surface area (Å²) in [6.45, 7) is 6.47. The van der Waals surface area contributed by atoms with E-state index < -0.39 is 5.60 Å². The summed E-state index contributed by atoms with van der Waals surface area (Å²) in [5, 5.41) is 14.9. The molecular weight excluding hydrogens is 436 g/mol. The quantitative estimate of drug-likeness (QED) is 0.488. The first kappa shape index (κ1) is 25.6. The number of ether oxygens (including phenoxy) is 1. The third kappa shape index (κ3) is 5.50. The minimum atomic E-state index is -0.549. The van der Waals surface area contributed by atoms with Crippen LogP contribution in [0.1, 0.15) is 76.0 Å². The number of hydrogen-bond acceptors (Lipinski definition) is 4. The van der Waals surface area contributed by atoms with E-state index in [2.05, 4.69) is 62.5 Å². The van der Waals surface area contributed by atoms with Crippen LogP contribution in [0.5, 0.6) is 5.75 Å². The number of aryl methyl sites for hydroxylation is 1. The van der Waals surface area contributed by atoms with Gasteiger partial charge >= 0.3 is 6.09 Å². The number of hydrogen-bond donors (Lipinski definition) is 2. The summed E-state index contributed by atoms with van der Waals surface area (Å²) < 4.78 is 5.58. The molecule has 0 saturated heterocycles. The lowest BCUT2D eigenvalue weighted by atomic mass is 9.52. The molecule has 1 fully saturated rings. The lowest BCUT2D eigenvalue weighted by Crippen LogP contribution is -2.51. The van der Waals surface area contributed by atoms with E-state index in [-0.39, 0.29) is 11.5 Å². The number of nitrogens with zero attached hydrogens (tertiary/aromatic N) is 1. The van der Waals surface area contributed by atoms with Crippen LogP contribution in [0, 0.1) is 5.92 Å². The smallest absolute Gasteiger partial charge is 0.410 e. The Balaban J connectivity index is 1.68. The number of rotatable bonds is 7. The zero-order chi connectivity index (χ0) is 25.2. The van der Waals surface area contributed by atoms with Gasteiger partial charge in [-0.15, -0.1) is 0 Å². The fourth-order valence-corrected chi connectivity index (χ4v) is 6.43. The topological polar surface area (TPSA) is 61.8 Å². The molecule has 0 aliphatic heterocycles. The van der Waals surface area contributed by atoms with E-state index in [4.69, 9.17) is 4.74 Å². The van der Waals surface area contributed by atoms with E-state index in [1.165, 1.54) is 21.6 Å². The van der Waals surface area contributed by atoms with Crippen molar-refractivity contribution in [3.8, 4) is 5.75 Å². The van der Waals surface area contributed by atoms with Crippen LogP contribution in [0.25, 0.3) is 0 Å². The Labute approximate surface area is 210 Å². The van der Waals surface area contributed by atoms with Gasteiger partial charge < -0.3 is 20.1 Å². The van der Waals surface area contributed by atoms with Crippen molar-refractivity contribution < 1.29 is 14.6 Å². The fourth-order valence-electron chi connectivity index (χ4n) is 6.43. The summed E-state index contributed by atoms with van der Waals surface area (Å²) in [7, 11) is 3.39. The Morgan fingerprint density at radius 1 is 1.17 bits per heavy atom. The molecule has 4 rings (SSSR count). The molecule has 2 aliphatic carbocycles. The van der Waals surface area contributed by atoms with Gasteiger partial charge in [0, 0.05) is 31.2 Å². The average Bonchev–Trinajstić information content (AvgIpc) is 2.80. The molecule has 5 nitrogen and oxygen atoms in total. The number of benzene rings is 2. The van der Waals surface area contributed by atoms with E-state index in [0.29, 0.717) is 17.7 Å². The second-order valence-electron chi connectivity index (χ2n) is 11.3. The average molecular weight is 479 g/mol. The van der Waals surface area contributed by atoms with Gasteiger partial charge in [-0.25, -0.2) is 4.79 Å². The first-order chi connectivity index (χ1) is 16.6. The summed E-state index contributed by atoms with van der Waals surface area (Å²) in [6.07, 6.45) is 7.18. The maximum Gasteiger partial charge on any atom is 0.414 e. The SMILES string of the molecule is CCCC1(O)CC[C@@]2(Cc3ccc(NC(C)C)cc3)c3ccc(OC(=O)N(C)C)cc3CC[C@H]2C1. The summed E-state index contributed by atoms with van der Waals surface area (Å²) in [6, 6.07) is 15.5. The molecule has 2 N–H and O–H groups in total. The lowest BCUT2D eigenvalue weighted by Gasteiger charge is -2.53. The van der Waals surface area contributed by atoms with Crippen LogP contribution in [0.2, 0.25) is 0 Å². The second-order valence-corrected chi connectivity index (χ2v) is 11.3. The highest BCUT2D eigenvalue weighted by molar-refractivity contribution is 5.70. The Hall–Kier alpha value is -2.53. The summed E-state index contributed by atoms with van der Waals surface area (Å²) in [5.74, 6) is 1.04. The zero-order valence-electron chi connectivity index (χ0n) is 22.1. The van der Waals surface area contributed by atoms with Crippen molar-refractivity contribution in [2.75, 3.05) is 19.4 Å². The maximum atomic E-state index is 12.1. The van der Waals surface area contributed by atoms with Crippen LogP contribution in [-0.2, 0) is 18.3 Å². The number of anilines is 1. The van der Waals surface area contributed by atoms with Gasteiger partial charge in [-0.2, -0.15) is 0 Å². The Morgan fingerprint density at radius 3 is 2.57 bits per heavy atom. The van der Waals surface area contributed by atoms with Crippen LogP contribution in [0.4, 0.5) is 10.5 Å². The molecule has 0 radical (unpaired) electrons. The highest BCUT2D eigenvalue weighted by atomic mass is 16.6. The Bertz CT molecular complexity index is 1030. The second kappa shape index (κ2) is 10.2. The van der Waals surface area contributed by atoms with E-state index in [0.717, 1.165) is 57.1 Å². The third-order valence-electron chi connectivity index (χ3n) is 8.03. The van der Waals surface area contributed by atoms with Crippen molar-refractivity contribution in [1.82, 2.24) is 4.90 Å². The molecule has 1 amide bonds. The highest BCUT2D eigenvalue weighted by Gasteiger charge is 2.51. The van der Waals surface area contributed by atoms with Crippen molar-refractivity contribution >= 4 is 11.8 Å². The van der Waals surface area contributed by atoms with Gasteiger partial charge in [0.05, 0.1) is 5.60 Å². The largest absolute Gasteiger partial charge is 0.414 e. The molecule has 1 saturated carbocycles. The predicted octanol–water partition coefficient (Wildman–Crippen LogP) is 6.33. The molecule has 2 aromatic carbocycles. The van der Waals surface area contributed by atoms with E-state index in [9.17, 15) is 9.90 Å². The van der Waals surface area contributed by atoms with Crippen LogP contribution in [0.15, 0.2) is 42.5 Å². The van der Waals surface area contributed by atoms with Crippen LogP contribution >= 0.6 is 0 Å². The van der Waals surface area contributed by atoms with Gasteiger partial charge in [-0.1, -0.05) is 31.5 Å². The molecule has 5 heteroatoms. The van der Waals surface area contributed by atoms with Crippen LogP contribution in [-0.4, -0.2) is 41.8 Å². The molecule has 0 bridgehead atoms. The van der Waals surface area contributed by atoms with Crippen molar-refractivity contribution in [3.63, 3.8) is 0 Å².